The summed E-state index contributed by atoms with van der Waals surface area (Å²) in [6.45, 7) is 5.91. The summed E-state index contributed by atoms with van der Waals surface area (Å²) < 4.78 is 0. The van der Waals surface area contributed by atoms with Crippen molar-refractivity contribution in [2.24, 2.45) is 5.41 Å². The molecule has 100 valence electrons. The normalized spacial score (nSPS) is 24.9. The molecular formula is C15H30N2. The van der Waals surface area contributed by atoms with Gasteiger partial charge in [-0.25, -0.2) is 0 Å². The number of nitrogens with zero attached hydrogens (tertiary/aromatic N) is 1. The molecule has 0 bridgehead atoms. The zero-order valence-electron chi connectivity index (χ0n) is 11.8. The van der Waals surface area contributed by atoms with E-state index in [4.69, 9.17) is 0 Å². The minimum atomic E-state index is 0.591. The van der Waals surface area contributed by atoms with Crippen LogP contribution in [0.15, 0.2) is 0 Å². The first-order valence-corrected chi connectivity index (χ1v) is 7.67. The molecule has 2 aliphatic rings. The van der Waals surface area contributed by atoms with E-state index >= 15 is 0 Å². The number of rotatable bonds is 6. The molecule has 0 atom stereocenters. The second kappa shape index (κ2) is 6.19. The Balaban J connectivity index is 1.87. The summed E-state index contributed by atoms with van der Waals surface area (Å²) in [6.07, 6.45) is 11.6. The van der Waals surface area contributed by atoms with Gasteiger partial charge in [0.05, 0.1) is 0 Å². The van der Waals surface area contributed by atoms with Gasteiger partial charge in [-0.1, -0.05) is 32.6 Å². The number of nitrogens with one attached hydrogen (secondary N) is 1. The summed E-state index contributed by atoms with van der Waals surface area (Å²) in [7, 11) is 2.36. The van der Waals surface area contributed by atoms with E-state index in [1.165, 1.54) is 64.5 Å². The average molecular weight is 238 g/mol. The van der Waals surface area contributed by atoms with Gasteiger partial charge < -0.3 is 10.2 Å². The Morgan fingerprint density at radius 3 is 2.35 bits per heavy atom. The van der Waals surface area contributed by atoms with Crippen molar-refractivity contribution in [3.05, 3.63) is 0 Å². The minimum Gasteiger partial charge on any atom is -0.316 e. The van der Waals surface area contributed by atoms with Gasteiger partial charge in [0, 0.05) is 19.1 Å². The Labute approximate surface area is 107 Å². The molecule has 0 aliphatic heterocycles. The molecule has 0 aromatic heterocycles. The third-order valence-corrected chi connectivity index (χ3v) is 4.95. The van der Waals surface area contributed by atoms with Crippen molar-refractivity contribution in [2.75, 3.05) is 26.7 Å². The minimum absolute atomic E-state index is 0.591. The molecule has 2 aliphatic carbocycles. The molecule has 2 rings (SSSR count). The fourth-order valence-corrected chi connectivity index (χ4v) is 3.91. The van der Waals surface area contributed by atoms with Crippen LogP contribution in [0, 0.1) is 5.41 Å². The van der Waals surface area contributed by atoms with Gasteiger partial charge in [-0.05, 0) is 44.7 Å². The van der Waals surface area contributed by atoms with Gasteiger partial charge in [0.25, 0.3) is 0 Å². The first-order valence-electron chi connectivity index (χ1n) is 7.67. The molecule has 0 amide bonds. The van der Waals surface area contributed by atoms with Crippen LogP contribution in [-0.2, 0) is 0 Å². The van der Waals surface area contributed by atoms with Crippen LogP contribution in [0.3, 0.4) is 0 Å². The highest BCUT2D eigenvalue weighted by atomic mass is 15.1. The third-order valence-electron chi connectivity index (χ3n) is 4.95. The van der Waals surface area contributed by atoms with E-state index in [2.05, 4.69) is 24.2 Å². The summed E-state index contributed by atoms with van der Waals surface area (Å²) in [5.41, 5.74) is 0.591. The Morgan fingerprint density at radius 2 is 1.76 bits per heavy atom. The van der Waals surface area contributed by atoms with Crippen LogP contribution in [0.25, 0.3) is 0 Å². The van der Waals surface area contributed by atoms with Gasteiger partial charge in [0.15, 0.2) is 0 Å². The predicted molar refractivity (Wildman–Crippen MR) is 74.3 cm³/mol. The van der Waals surface area contributed by atoms with Crippen LogP contribution >= 0.6 is 0 Å². The van der Waals surface area contributed by atoms with Crippen LogP contribution in [-0.4, -0.2) is 37.6 Å². The highest BCUT2D eigenvalue weighted by Crippen LogP contribution is 2.39. The molecule has 2 nitrogen and oxygen atoms in total. The maximum atomic E-state index is 3.60. The molecule has 0 spiro atoms. The van der Waals surface area contributed by atoms with Crippen LogP contribution in [0.2, 0.25) is 0 Å². The second-order valence-electron chi connectivity index (χ2n) is 6.34. The SMILES string of the molecule is CCNCC1(CN(C)C2CCCC2)CCCC1. The lowest BCUT2D eigenvalue weighted by molar-refractivity contribution is 0.136. The second-order valence-corrected chi connectivity index (χ2v) is 6.34. The summed E-state index contributed by atoms with van der Waals surface area (Å²) in [4.78, 5) is 2.68. The van der Waals surface area contributed by atoms with Crippen LogP contribution in [0.4, 0.5) is 0 Å². The van der Waals surface area contributed by atoms with Gasteiger partial charge in [-0.2, -0.15) is 0 Å². The topological polar surface area (TPSA) is 15.3 Å². The lowest BCUT2D eigenvalue weighted by atomic mass is 9.85. The summed E-state index contributed by atoms with van der Waals surface area (Å²) in [5, 5.41) is 3.60. The smallest absolute Gasteiger partial charge is 0.00924 e. The van der Waals surface area contributed by atoms with Gasteiger partial charge in [0.1, 0.15) is 0 Å². The van der Waals surface area contributed by atoms with Crippen molar-refractivity contribution >= 4 is 0 Å². The van der Waals surface area contributed by atoms with Crippen LogP contribution in [0.1, 0.15) is 58.3 Å². The van der Waals surface area contributed by atoms with E-state index in [0.717, 1.165) is 12.6 Å². The van der Waals surface area contributed by atoms with Gasteiger partial charge in [0.2, 0.25) is 0 Å². The molecular weight excluding hydrogens is 208 g/mol. The Hall–Kier alpha value is -0.0800. The Bertz CT molecular complexity index is 215. The first-order chi connectivity index (χ1) is 8.26. The molecule has 0 radical (unpaired) electrons. The molecule has 2 fully saturated rings. The molecule has 0 saturated heterocycles. The molecule has 0 aromatic carbocycles. The zero-order chi connectivity index (χ0) is 12.1. The van der Waals surface area contributed by atoms with Gasteiger partial charge in [-0.3, -0.25) is 0 Å². The van der Waals surface area contributed by atoms with Crippen LogP contribution in [0.5, 0.6) is 0 Å². The predicted octanol–water partition coefficient (Wildman–Crippen LogP) is 3.03. The van der Waals surface area contributed by atoms with E-state index in [0.29, 0.717) is 5.41 Å². The summed E-state index contributed by atoms with van der Waals surface area (Å²) in [5.74, 6) is 0. The fourth-order valence-electron chi connectivity index (χ4n) is 3.91. The van der Waals surface area contributed by atoms with Gasteiger partial charge >= 0.3 is 0 Å². The van der Waals surface area contributed by atoms with Crippen LogP contribution < -0.4 is 5.32 Å². The van der Waals surface area contributed by atoms with E-state index < -0.39 is 0 Å². The quantitative estimate of drug-likeness (QED) is 0.765. The zero-order valence-corrected chi connectivity index (χ0v) is 11.8. The molecule has 0 aromatic rings. The van der Waals surface area contributed by atoms with E-state index in [-0.39, 0.29) is 0 Å². The first kappa shape index (κ1) is 13.4. The maximum Gasteiger partial charge on any atom is 0.00924 e. The largest absolute Gasteiger partial charge is 0.316 e. The lowest BCUT2D eigenvalue weighted by Crippen LogP contribution is -2.44. The number of hydrogen-bond donors (Lipinski definition) is 1. The standard InChI is InChI=1S/C15H30N2/c1-3-16-12-15(10-6-7-11-15)13-17(2)14-8-4-5-9-14/h14,16H,3-13H2,1-2H3. The van der Waals surface area contributed by atoms with Crippen molar-refractivity contribution in [1.29, 1.82) is 0 Å². The average Bonchev–Trinajstić information content (AvgIpc) is 2.98. The third kappa shape index (κ3) is 3.45. The van der Waals surface area contributed by atoms with Crippen molar-refractivity contribution in [2.45, 2.75) is 64.3 Å². The van der Waals surface area contributed by atoms with Gasteiger partial charge in [-0.15, -0.1) is 0 Å². The van der Waals surface area contributed by atoms with E-state index in [9.17, 15) is 0 Å². The summed E-state index contributed by atoms with van der Waals surface area (Å²) in [6, 6.07) is 0.883. The summed E-state index contributed by atoms with van der Waals surface area (Å²) >= 11 is 0. The van der Waals surface area contributed by atoms with Crippen molar-refractivity contribution in [3.8, 4) is 0 Å². The maximum absolute atomic E-state index is 3.60. The molecule has 2 heteroatoms. The highest BCUT2D eigenvalue weighted by molar-refractivity contribution is 4.90. The molecule has 1 N–H and O–H groups in total. The highest BCUT2D eigenvalue weighted by Gasteiger charge is 2.36. The fraction of sp³-hybridized carbons (Fsp3) is 1.00. The number of hydrogen-bond acceptors (Lipinski definition) is 2. The van der Waals surface area contributed by atoms with E-state index in [1.54, 1.807) is 0 Å². The van der Waals surface area contributed by atoms with Crippen molar-refractivity contribution < 1.29 is 0 Å². The molecule has 0 heterocycles. The van der Waals surface area contributed by atoms with E-state index in [1.807, 2.05) is 0 Å². The Kier molecular flexibility index (Phi) is 4.87. The molecule has 17 heavy (non-hydrogen) atoms. The lowest BCUT2D eigenvalue weighted by Gasteiger charge is -2.36. The van der Waals surface area contributed by atoms with Crippen molar-refractivity contribution in [1.82, 2.24) is 10.2 Å². The van der Waals surface area contributed by atoms with Crippen molar-refractivity contribution in [3.63, 3.8) is 0 Å². The Morgan fingerprint density at radius 1 is 1.12 bits per heavy atom. The molecule has 2 saturated carbocycles. The molecule has 0 unspecified atom stereocenters. The monoisotopic (exact) mass is 238 g/mol.